The third kappa shape index (κ3) is 5.28. The molecule has 2 aromatic rings. The molecule has 0 aromatic carbocycles. The van der Waals surface area contributed by atoms with Crippen molar-refractivity contribution in [3.05, 3.63) is 34.9 Å². The zero-order chi connectivity index (χ0) is 17.0. The molecule has 0 fully saturated rings. The molecule has 0 aliphatic rings. The van der Waals surface area contributed by atoms with Gasteiger partial charge < -0.3 is 10.2 Å². The monoisotopic (exact) mass is 401 g/mol. The number of aliphatic carboxylic acids is 1. The van der Waals surface area contributed by atoms with Crippen LogP contribution >= 0.6 is 27.9 Å². The number of hydrogen-bond acceptors (Lipinski definition) is 2. The third-order valence-electron chi connectivity index (χ3n) is 2.77. The number of carboxylic acids is 1. The Morgan fingerprint density at radius 1 is 1.32 bits per heavy atom. The Bertz CT molecular complexity index is 608. The number of aryl methyl sites for hydroxylation is 4. The Kier molecular flexibility index (Phi) is 7.42. The molecule has 10 heteroatoms. The normalized spacial score (nSPS) is 11.6. The van der Waals surface area contributed by atoms with Gasteiger partial charge in [-0.05, 0) is 26.0 Å². The summed E-state index contributed by atoms with van der Waals surface area (Å²) in [5.41, 5.74) is 3.18. The van der Waals surface area contributed by atoms with E-state index in [9.17, 15) is 9.90 Å². The molecular formula is C12H16Cl3N4O2Ti+. The second kappa shape index (κ2) is 8.36. The van der Waals surface area contributed by atoms with Gasteiger partial charge >= 0.3 is 54.7 Å². The second-order valence-electron chi connectivity index (χ2n) is 4.67. The molecule has 2 heterocycles. The van der Waals surface area contributed by atoms with Crippen molar-refractivity contribution in [2.45, 2.75) is 33.9 Å². The van der Waals surface area contributed by atoms with Crippen LogP contribution in [0.5, 0.6) is 0 Å². The minimum absolute atomic E-state index is 0.792. The number of carbonyl (C=O) groups is 1. The molecule has 0 aliphatic heterocycles. The quantitative estimate of drug-likeness (QED) is 0.633. The molecular weight excluding hydrogens is 386 g/mol. The topological polar surface area (TPSA) is 73.1 Å². The number of carboxylic acid groups (broad SMARTS) is 1. The van der Waals surface area contributed by atoms with Gasteiger partial charge in [0.25, 0.3) is 0 Å². The molecule has 6 nitrogen and oxygen atoms in total. The van der Waals surface area contributed by atoms with Gasteiger partial charge in [0.1, 0.15) is 0 Å². The number of rotatable bonds is 3. The number of hydrogen-bond donors (Lipinski definition) is 1. The van der Waals surface area contributed by atoms with E-state index in [0.717, 1.165) is 22.8 Å². The molecule has 0 spiro atoms. The van der Waals surface area contributed by atoms with Crippen molar-refractivity contribution in [1.29, 1.82) is 0 Å². The zero-order valence-electron chi connectivity index (χ0n) is 12.5. The SMILES string of the molecule is Cc1cc(C)n(C(C(=O)O)[n+]2[n-]c(C)cc2C)n1.[Cl][Ti+]([Cl])[Cl]. The van der Waals surface area contributed by atoms with E-state index in [2.05, 4.69) is 10.2 Å². The van der Waals surface area contributed by atoms with Gasteiger partial charge in [0.2, 0.25) is 0 Å². The summed E-state index contributed by atoms with van der Waals surface area (Å²) in [5.74, 6) is -0.979. The van der Waals surface area contributed by atoms with Crippen LogP contribution in [0.25, 0.3) is 0 Å². The Labute approximate surface area is 146 Å². The summed E-state index contributed by atoms with van der Waals surface area (Å²) in [6.45, 7) is 7.34. The van der Waals surface area contributed by atoms with Crippen LogP contribution in [-0.4, -0.2) is 20.9 Å². The molecule has 0 radical (unpaired) electrons. The Morgan fingerprint density at radius 3 is 2.18 bits per heavy atom. The summed E-state index contributed by atoms with van der Waals surface area (Å²) in [6, 6.07) is 3.70. The molecule has 120 valence electrons. The van der Waals surface area contributed by atoms with E-state index in [4.69, 9.17) is 27.9 Å². The van der Waals surface area contributed by atoms with Crippen molar-refractivity contribution < 1.29 is 29.3 Å². The van der Waals surface area contributed by atoms with Crippen molar-refractivity contribution in [2.24, 2.45) is 0 Å². The maximum absolute atomic E-state index is 11.5. The summed E-state index contributed by atoms with van der Waals surface area (Å²) >= 11 is -1.92. The summed E-state index contributed by atoms with van der Waals surface area (Å²) in [6.07, 6.45) is -0.938. The average molecular weight is 403 g/mol. The average Bonchev–Trinajstić information content (AvgIpc) is 2.82. The van der Waals surface area contributed by atoms with E-state index in [1.54, 1.807) is 0 Å². The van der Waals surface area contributed by atoms with Gasteiger partial charge in [-0.1, -0.05) is 6.92 Å². The molecule has 0 saturated heterocycles. The molecule has 1 N–H and O–H groups in total. The van der Waals surface area contributed by atoms with Crippen molar-refractivity contribution in [2.75, 3.05) is 0 Å². The first kappa shape index (κ1) is 19.5. The van der Waals surface area contributed by atoms with Crippen LogP contribution in [0.15, 0.2) is 12.1 Å². The predicted molar refractivity (Wildman–Crippen MR) is 80.8 cm³/mol. The first-order valence-corrected chi connectivity index (χ1v) is 12.7. The Morgan fingerprint density at radius 2 is 1.86 bits per heavy atom. The van der Waals surface area contributed by atoms with E-state index in [1.165, 1.54) is 9.36 Å². The Hall–Kier alpha value is -0.526. The summed E-state index contributed by atoms with van der Waals surface area (Å²) < 4.78 is 2.97. The van der Waals surface area contributed by atoms with Gasteiger partial charge in [-0.2, -0.15) is 9.78 Å². The number of nitrogens with zero attached hydrogens (tertiary/aromatic N) is 4. The van der Waals surface area contributed by atoms with Crippen LogP contribution in [0.2, 0.25) is 0 Å². The van der Waals surface area contributed by atoms with Crippen LogP contribution in [0, 0.1) is 27.7 Å². The van der Waals surface area contributed by atoms with Crippen LogP contribution < -0.4 is 9.78 Å². The molecule has 22 heavy (non-hydrogen) atoms. The van der Waals surface area contributed by atoms with Gasteiger partial charge in [0.05, 0.1) is 5.69 Å². The van der Waals surface area contributed by atoms with Crippen LogP contribution in [0.3, 0.4) is 0 Å². The first-order chi connectivity index (χ1) is 10.1. The minimum atomic E-state index is -1.92. The summed E-state index contributed by atoms with van der Waals surface area (Å²) in [7, 11) is 14.9. The first-order valence-electron chi connectivity index (χ1n) is 6.25. The fourth-order valence-electron chi connectivity index (χ4n) is 2.10. The third-order valence-corrected chi connectivity index (χ3v) is 2.77. The van der Waals surface area contributed by atoms with Crippen molar-refractivity contribution in [3.63, 3.8) is 0 Å². The van der Waals surface area contributed by atoms with Gasteiger partial charge in [-0.3, -0.25) is 0 Å². The van der Waals surface area contributed by atoms with Crippen LogP contribution in [-0.2, 0) is 19.5 Å². The van der Waals surface area contributed by atoms with E-state index < -0.39 is 26.8 Å². The summed E-state index contributed by atoms with van der Waals surface area (Å²) in [4.78, 5) is 11.5. The van der Waals surface area contributed by atoms with Gasteiger partial charge in [-0.25, -0.2) is 9.48 Å². The maximum atomic E-state index is 11.5. The van der Waals surface area contributed by atoms with Crippen molar-refractivity contribution >= 4 is 33.9 Å². The van der Waals surface area contributed by atoms with Gasteiger partial charge in [-0.15, -0.1) is 5.69 Å². The second-order valence-corrected chi connectivity index (χ2v) is 12.4. The summed E-state index contributed by atoms with van der Waals surface area (Å²) in [5, 5.41) is 17.9. The van der Waals surface area contributed by atoms with E-state index in [0.29, 0.717) is 0 Å². The van der Waals surface area contributed by atoms with E-state index in [1.807, 2.05) is 39.8 Å². The number of aromatic nitrogens is 4. The Balaban J connectivity index is 0.000000541. The molecule has 0 atom stereocenters. The van der Waals surface area contributed by atoms with Crippen LogP contribution in [0.1, 0.15) is 28.9 Å². The van der Waals surface area contributed by atoms with Crippen molar-refractivity contribution in [3.8, 4) is 0 Å². The van der Waals surface area contributed by atoms with E-state index in [-0.39, 0.29) is 0 Å². The standard InChI is InChI=1S/C12H16N4O2.3ClH.Ti/c1-7-5-9(3)15(13-7)11(12(17)18)16-10(4)6-8(2)14-16;;;;/h5-6,11H,1-4H3,(H,17,18);3*1H;/q;;;;+4/p-3. The molecule has 0 bridgehead atoms. The van der Waals surface area contributed by atoms with E-state index >= 15 is 0 Å². The molecule has 0 amide bonds. The van der Waals surface area contributed by atoms with Gasteiger partial charge in [0.15, 0.2) is 5.69 Å². The van der Waals surface area contributed by atoms with Crippen molar-refractivity contribution in [1.82, 2.24) is 14.9 Å². The predicted octanol–water partition coefficient (Wildman–Crippen LogP) is 2.56. The molecule has 0 aliphatic carbocycles. The molecule has 2 rings (SSSR count). The number of halogens is 3. The fraction of sp³-hybridized carbons (Fsp3) is 0.417. The van der Waals surface area contributed by atoms with Gasteiger partial charge in [0, 0.05) is 12.6 Å². The molecule has 0 unspecified atom stereocenters. The molecule has 0 saturated carbocycles. The molecule has 2 aromatic heterocycles. The zero-order valence-corrected chi connectivity index (χ0v) is 16.3. The van der Waals surface area contributed by atoms with Crippen LogP contribution in [0.4, 0.5) is 0 Å². The fourth-order valence-corrected chi connectivity index (χ4v) is 2.10.